The first-order valence-corrected chi connectivity index (χ1v) is 6.72. The minimum atomic E-state index is -0.285. The Balaban J connectivity index is 1.95. The van der Waals surface area contributed by atoms with E-state index in [0.29, 0.717) is 22.1 Å². The minimum Gasteiger partial charge on any atom is -0.398 e. The molecule has 0 saturated carbocycles. The number of aryl methyl sites for hydroxylation is 1. The molecule has 5 nitrogen and oxygen atoms in total. The molecule has 0 radical (unpaired) electrons. The van der Waals surface area contributed by atoms with E-state index in [4.69, 9.17) is 17.3 Å². The van der Waals surface area contributed by atoms with Crippen molar-refractivity contribution in [3.8, 4) is 0 Å². The molecule has 0 aliphatic heterocycles. The molecule has 0 bridgehead atoms. The minimum absolute atomic E-state index is 0.285. The summed E-state index contributed by atoms with van der Waals surface area (Å²) in [6.07, 6.45) is 0. The maximum Gasteiger partial charge on any atom is 0.276 e. The van der Waals surface area contributed by atoms with E-state index in [0.717, 1.165) is 10.9 Å². The highest BCUT2D eigenvalue weighted by molar-refractivity contribution is 6.33. The number of anilines is 2. The fraction of sp³-hybridized carbons (Fsp3) is 0.0667. The normalized spacial score (nSPS) is 10.8. The van der Waals surface area contributed by atoms with Crippen LogP contribution in [0.5, 0.6) is 0 Å². The van der Waals surface area contributed by atoms with E-state index in [1.54, 1.807) is 29.9 Å². The van der Waals surface area contributed by atoms with Gasteiger partial charge in [0.15, 0.2) is 5.69 Å². The van der Waals surface area contributed by atoms with E-state index in [1.807, 2.05) is 24.3 Å². The zero-order valence-corrected chi connectivity index (χ0v) is 12.1. The Morgan fingerprint density at radius 2 is 2.05 bits per heavy atom. The fourth-order valence-corrected chi connectivity index (χ4v) is 2.36. The molecule has 0 atom stereocenters. The van der Waals surface area contributed by atoms with Crippen molar-refractivity contribution in [1.82, 2.24) is 9.78 Å². The second-order valence-electron chi connectivity index (χ2n) is 4.68. The molecule has 1 amide bonds. The van der Waals surface area contributed by atoms with E-state index in [9.17, 15) is 4.79 Å². The van der Waals surface area contributed by atoms with E-state index in [1.165, 1.54) is 0 Å². The van der Waals surface area contributed by atoms with Crippen LogP contribution < -0.4 is 11.1 Å². The highest BCUT2D eigenvalue weighted by Crippen LogP contribution is 2.24. The number of amides is 1. The van der Waals surface area contributed by atoms with Crippen molar-refractivity contribution in [2.24, 2.45) is 7.05 Å². The lowest BCUT2D eigenvalue weighted by atomic mass is 10.2. The zero-order valence-electron chi connectivity index (χ0n) is 11.3. The van der Waals surface area contributed by atoms with Gasteiger partial charge in [-0.3, -0.25) is 9.48 Å². The highest BCUT2D eigenvalue weighted by Gasteiger charge is 2.16. The van der Waals surface area contributed by atoms with E-state index < -0.39 is 0 Å². The molecule has 106 valence electrons. The lowest BCUT2D eigenvalue weighted by Crippen LogP contribution is -2.13. The maximum atomic E-state index is 12.4. The van der Waals surface area contributed by atoms with Crippen LogP contribution in [-0.2, 0) is 7.05 Å². The Kier molecular flexibility index (Phi) is 3.27. The molecular weight excluding hydrogens is 288 g/mol. The van der Waals surface area contributed by atoms with Gasteiger partial charge in [0, 0.05) is 18.1 Å². The van der Waals surface area contributed by atoms with Gasteiger partial charge >= 0.3 is 0 Å². The highest BCUT2D eigenvalue weighted by atomic mass is 35.5. The number of halogens is 1. The van der Waals surface area contributed by atoms with Gasteiger partial charge in [0.2, 0.25) is 0 Å². The van der Waals surface area contributed by atoms with Gasteiger partial charge in [-0.15, -0.1) is 0 Å². The first-order valence-electron chi connectivity index (χ1n) is 6.34. The SMILES string of the molecule is Cn1nc(C(=O)Nc2ccc(N)c(Cl)c2)c2ccccc21. The van der Waals surface area contributed by atoms with Crippen molar-refractivity contribution >= 4 is 39.8 Å². The molecule has 6 heteroatoms. The van der Waals surface area contributed by atoms with E-state index in [-0.39, 0.29) is 5.91 Å². The molecule has 0 fully saturated rings. The molecule has 0 unspecified atom stereocenters. The third-order valence-corrected chi connectivity index (χ3v) is 3.56. The Hall–Kier alpha value is -2.53. The average molecular weight is 301 g/mol. The molecule has 1 heterocycles. The van der Waals surface area contributed by atoms with Crippen LogP contribution in [0.2, 0.25) is 5.02 Å². The predicted octanol–water partition coefficient (Wildman–Crippen LogP) is 3.06. The molecule has 3 aromatic rings. The Morgan fingerprint density at radius 1 is 1.29 bits per heavy atom. The number of benzene rings is 2. The first-order chi connectivity index (χ1) is 10.1. The van der Waals surface area contributed by atoms with Crippen LogP contribution in [0.1, 0.15) is 10.5 Å². The van der Waals surface area contributed by atoms with Gasteiger partial charge < -0.3 is 11.1 Å². The molecule has 0 aliphatic carbocycles. The van der Waals surface area contributed by atoms with Crippen LogP contribution in [0.4, 0.5) is 11.4 Å². The first kappa shape index (κ1) is 13.5. The number of carbonyl (C=O) groups excluding carboxylic acids is 1. The summed E-state index contributed by atoms with van der Waals surface area (Å²) >= 11 is 5.95. The molecule has 1 aromatic heterocycles. The smallest absolute Gasteiger partial charge is 0.276 e. The van der Waals surface area contributed by atoms with Crippen molar-refractivity contribution in [2.75, 3.05) is 11.1 Å². The van der Waals surface area contributed by atoms with E-state index >= 15 is 0 Å². The number of nitrogens with zero attached hydrogens (tertiary/aromatic N) is 2. The van der Waals surface area contributed by atoms with Crippen LogP contribution in [0.15, 0.2) is 42.5 Å². The monoisotopic (exact) mass is 300 g/mol. The molecule has 3 rings (SSSR count). The van der Waals surface area contributed by atoms with Gasteiger partial charge in [-0.2, -0.15) is 5.10 Å². The average Bonchev–Trinajstić information content (AvgIpc) is 2.81. The van der Waals surface area contributed by atoms with Crippen LogP contribution >= 0.6 is 11.6 Å². The van der Waals surface area contributed by atoms with Crippen molar-refractivity contribution in [3.63, 3.8) is 0 Å². The van der Waals surface area contributed by atoms with Crippen molar-refractivity contribution < 1.29 is 4.79 Å². The third-order valence-electron chi connectivity index (χ3n) is 3.23. The largest absolute Gasteiger partial charge is 0.398 e. The zero-order chi connectivity index (χ0) is 15.0. The third kappa shape index (κ3) is 2.43. The number of carbonyl (C=O) groups is 1. The van der Waals surface area contributed by atoms with Crippen LogP contribution in [0.25, 0.3) is 10.9 Å². The topological polar surface area (TPSA) is 72.9 Å². The summed E-state index contributed by atoms with van der Waals surface area (Å²) in [5.41, 5.74) is 7.97. The van der Waals surface area contributed by atoms with Crippen molar-refractivity contribution in [3.05, 3.63) is 53.2 Å². The van der Waals surface area contributed by atoms with Crippen LogP contribution in [-0.4, -0.2) is 15.7 Å². The van der Waals surface area contributed by atoms with Gasteiger partial charge in [0.05, 0.1) is 16.2 Å². The fourth-order valence-electron chi connectivity index (χ4n) is 2.18. The second-order valence-corrected chi connectivity index (χ2v) is 5.09. The summed E-state index contributed by atoms with van der Waals surface area (Å²) in [5, 5.41) is 8.26. The molecule has 2 aromatic carbocycles. The maximum absolute atomic E-state index is 12.4. The Bertz CT molecular complexity index is 841. The summed E-state index contributed by atoms with van der Waals surface area (Å²) in [6.45, 7) is 0. The molecule has 3 N–H and O–H groups in total. The van der Waals surface area contributed by atoms with Gasteiger partial charge in [-0.25, -0.2) is 0 Å². The number of nitrogens with one attached hydrogen (secondary N) is 1. The number of fused-ring (bicyclic) bond motifs is 1. The van der Waals surface area contributed by atoms with Gasteiger partial charge in [-0.05, 0) is 24.3 Å². The molecule has 0 spiro atoms. The number of hydrogen-bond donors (Lipinski definition) is 2. The standard InChI is InChI=1S/C15H13ClN4O/c1-20-13-5-3-2-4-10(13)14(19-20)15(21)18-9-6-7-12(17)11(16)8-9/h2-8H,17H2,1H3,(H,18,21). The molecule has 21 heavy (non-hydrogen) atoms. The van der Waals surface area contributed by atoms with Crippen molar-refractivity contribution in [2.45, 2.75) is 0 Å². The Morgan fingerprint density at radius 3 is 2.81 bits per heavy atom. The van der Waals surface area contributed by atoms with Crippen LogP contribution in [0.3, 0.4) is 0 Å². The van der Waals surface area contributed by atoms with Gasteiger partial charge in [0.1, 0.15) is 0 Å². The van der Waals surface area contributed by atoms with Crippen molar-refractivity contribution in [1.29, 1.82) is 0 Å². The molecular formula is C15H13ClN4O. The summed E-state index contributed by atoms with van der Waals surface area (Å²) < 4.78 is 1.68. The number of nitrogens with two attached hydrogens (primary N) is 1. The number of hydrogen-bond acceptors (Lipinski definition) is 3. The predicted molar refractivity (Wildman–Crippen MR) is 84.5 cm³/mol. The molecule has 0 aliphatic rings. The Labute approximate surface area is 126 Å². The van der Waals surface area contributed by atoms with E-state index in [2.05, 4.69) is 10.4 Å². The van der Waals surface area contributed by atoms with Crippen LogP contribution in [0, 0.1) is 0 Å². The summed E-state index contributed by atoms with van der Waals surface area (Å²) in [7, 11) is 1.80. The number of aromatic nitrogens is 2. The number of nitrogen functional groups attached to an aromatic ring is 1. The lowest BCUT2D eigenvalue weighted by molar-refractivity contribution is 0.102. The second kappa shape index (κ2) is 5.10. The summed E-state index contributed by atoms with van der Waals surface area (Å²) in [6, 6.07) is 12.5. The summed E-state index contributed by atoms with van der Waals surface area (Å²) in [4.78, 5) is 12.4. The van der Waals surface area contributed by atoms with Gasteiger partial charge in [-0.1, -0.05) is 29.8 Å². The molecule has 0 saturated heterocycles. The van der Waals surface area contributed by atoms with Gasteiger partial charge in [0.25, 0.3) is 5.91 Å². The lowest BCUT2D eigenvalue weighted by Gasteiger charge is -2.05. The summed E-state index contributed by atoms with van der Waals surface area (Å²) in [5.74, 6) is -0.285. The number of para-hydroxylation sites is 1. The quantitative estimate of drug-likeness (QED) is 0.714. The number of rotatable bonds is 2.